The average Bonchev–Trinajstić information content (AvgIpc) is 3.00. The van der Waals surface area contributed by atoms with Gasteiger partial charge in [0.15, 0.2) is 5.82 Å². The Kier molecular flexibility index (Phi) is 9.65. The molecular formula is C18H26Cl2N4O2. The normalized spacial score (nSPS) is 15.0. The maximum Gasteiger partial charge on any atom is 0.226 e. The SMILES string of the molecule is Cc1cc(NC(=O)CCN2CCN(Cc3ccccc3)CC2)no1.Cl.Cl. The van der Waals surface area contributed by atoms with Gasteiger partial charge in [-0.3, -0.25) is 9.69 Å². The molecule has 2 aromatic rings. The molecule has 1 aromatic carbocycles. The molecule has 1 aliphatic rings. The van der Waals surface area contributed by atoms with Gasteiger partial charge in [-0.25, -0.2) is 0 Å². The molecule has 1 aliphatic heterocycles. The maximum absolute atomic E-state index is 11.9. The number of anilines is 1. The van der Waals surface area contributed by atoms with E-state index in [0.29, 0.717) is 18.0 Å². The quantitative estimate of drug-likeness (QED) is 0.807. The molecule has 0 aliphatic carbocycles. The van der Waals surface area contributed by atoms with Gasteiger partial charge in [-0.05, 0) is 12.5 Å². The van der Waals surface area contributed by atoms with E-state index >= 15 is 0 Å². The third-order valence-electron chi connectivity index (χ3n) is 4.26. The third-order valence-corrected chi connectivity index (χ3v) is 4.26. The summed E-state index contributed by atoms with van der Waals surface area (Å²) in [5.41, 5.74) is 1.35. The number of rotatable bonds is 6. The van der Waals surface area contributed by atoms with E-state index in [1.165, 1.54) is 5.56 Å². The molecule has 1 saturated heterocycles. The summed E-state index contributed by atoms with van der Waals surface area (Å²) in [7, 11) is 0. The van der Waals surface area contributed by atoms with E-state index in [1.807, 2.05) is 6.07 Å². The van der Waals surface area contributed by atoms with Crippen molar-refractivity contribution in [2.24, 2.45) is 0 Å². The van der Waals surface area contributed by atoms with Crippen LogP contribution in [0.15, 0.2) is 40.9 Å². The monoisotopic (exact) mass is 400 g/mol. The van der Waals surface area contributed by atoms with Crippen LogP contribution in [-0.4, -0.2) is 53.6 Å². The molecule has 0 spiro atoms. The Hall–Kier alpha value is -1.60. The van der Waals surface area contributed by atoms with Crippen LogP contribution in [0.2, 0.25) is 0 Å². The summed E-state index contributed by atoms with van der Waals surface area (Å²) < 4.78 is 4.94. The second kappa shape index (κ2) is 11.2. The number of hydrogen-bond donors (Lipinski definition) is 1. The highest BCUT2D eigenvalue weighted by Crippen LogP contribution is 2.10. The highest BCUT2D eigenvalue weighted by Gasteiger charge is 2.17. The van der Waals surface area contributed by atoms with E-state index in [9.17, 15) is 4.79 Å². The molecule has 1 amide bonds. The molecule has 8 heteroatoms. The molecule has 1 aromatic heterocycles. The number of aryl methyl sites for hydroxylation is 1. The summed E-state index contributed by atoms with van der Waals surface area (Å²) in [5.74, 6) is 1.17. The van der Waals surface area contributed by atoms with Crippen molar-refractivity contribution in [3.63, 3.8) is 0 Å². The summed E-state index contributed by atoms with van der Waals surface area (Å²) in [5, 5.41) is 6.54. The molecule has 0 radical (unpaired) electrons. The number of amides is 1. The minimum atomic E-state index is -0.0185. The molecule has 0 bridgehead atoms. The first-order valence-electron chi connectivity index (χ1n) is 8.41. The van der Waals surface area contributed by atoms with Gasteiger partial charge in [0, 0.05) is 51.8 Å². The van der Waals surface area contributed by atoms with Gasteiger partial charge in [0.1, 0.15) is 5.76 Å². The zero-order valence-electron chi connectivity index (χ0n) is 14.9. The lowest BCUT2D eigenvalue weighted by atomic mass is 10.2. The molecule has 1 fully saturated rings. The highest BCUT2D eigenvalue weighted by atomic mass is 35.5. The number of benzene rings is 1. The van der Waals surface area contributed by atoms with Crippen molar-refractivity contribution in [2.75, 3.05) is 38.0 Å². The van der Waals surface area contributed by atoms with Gasteiger partial charge in [0.2, 0.25) is 5.91 Å². The second-order valence-electron chi connectivity index (χ2n) is 6.22. The Morgan fingerprint density at radius 1 is 1.12 bits per heavy atom. The topological polar surface area (TPSA) is 61.6 Å². The number of carbonyl (C=O) groups is 1. The van der Waals surface area contributed by atoms with Gasteiger partial charge >= 0.3 is 0 Å². The number of nitrogens with one attached hydrogen (secondary N) is 1. The van der Waals surface area contributed by atoms with Crippen LogP contribution in [0.3, 0.4) is 0 Å². The molecule has 26 heavy (non-hydrogen) atoms. The van der Waals surface area contributed by atoms with Crippen LogP contribution >= 0.6 is 24.8 Å². The predicted octanol–water partition coefficient (Wildman–Crippen LogP) is 2.97. The Balaban J connectivity index is 0.00000169. The van der Waals surface area contributed by atoms with Gasteiger partial charge in [-0.15, -0.1) is 24.8 Å². The molecule has 0 unspecified atom stereocenters. The van der Waals surface area contributed by atoms with Crippen LogP contribution in [0.25, 0.3) is 0 Å². The minimum absolute atomic E-state index is 0. The van der Waals surface area contributed by atoms with Crippen molar-refractivity contribution in [3.8, 4) is 0 Å². The molecule has 0 saturated carbocycles. The number of aromatic nitrogens is 1. The fourth-order valence-corrected chi connectivity index (χ4v) is 2.90. The Labute approximate surface area is 166 Å². The van der Waals surface area contributed by atoms with Crippen LogP contribution in [0.1, 0.15) is 17.7 Å². The summed E-state index contributed by atoms with van der Waals surface area (Å²) in [6, 6.07) is 12.3. The summed E-state index contributed by atoms with van der Waals surface area (Å²) in [4.78, 5) is 16.7. The fourth-order valence-electron chi connectivity index (χ4n) is 2.90. The summed E-state index contributed by atoms with van der Waals surface area (Å²) in [6.07, 6.45) is 0.477. The lowest BCUT2D eigenvalue weighted by Gasteiger charge is -2.34. The summed E-state index contributed by atoms with van der Waals surface area (Å²) >= 11 is 0. The Morgan fingerprint density at radius 2 is 1.77 bits per heavy atom. The van der Waals surface area contributed by atoms with Crippen LogP contribution in [0, 0.1) is 6.92 Å². The smallest absolute Gasteiger partial charge is 0.226 e. The van der Waals surface area contributed by atoms with E-state index in [4.69, 9.17) is 4.52 Å². The number of nitrogens with zero attached hydrogens (tertiary/aromatic N) is 3. The van der Waals surface area contributed by atoms with E-state index < -0.39 is 0 Å². The number of piperazine rings is 1. The van der Waals surface area contributed by atoms with E-state index in [0.717, 1.165) is 39.3 Å². The van der Waals surface area contributed by atoms with Gasteiger partial charge in [0.25, 0.3) is 0 Å². The lowest BCUT2D eigenvalue weighted by Crippen LogP contribution is -2.46. The summed E-state index contributed by atoms with van der Waals surface area (Å²) in [6.45, 7) is 7.67. The molecule has 144 valence electrons. The minimum Gasteiger partial charge on any atom is -0.360 e. The number of hydrogen-bond acceptors (Lipinski definition) is 5. The standard InChI is InChI=1S/C18H24N4O2.2ClH/c1-15-13-17(20-24-15)19-18(23)7-8-21-9-11-22(12-10-21)14-16-5-3-2-4-6-16;;/h2-6,13H,7-12,14H2,1H3,(H,19,20,23);2*1H. The largest absolute Gasteiger partial charge is 0.360 e. The van der Waals surface area contributed by atoms with E-state index in [-0.39, 0.29) is 30.7 Å². The van der Waals surface area contributed by atoms with Crippen molar-refractivity contribution < 1.29 is 9.32 Å². The third kappa shape index (κ3) is 6.96. The van der Waals surface area contributed by atoms with Gasteiger partial charge in [0.05, 0.1) is 0 Å². The maximum atomic E-state index is 11.9. The Morgan fingerprint density at radius 3 is 2.38 bits per heavy atom. The van der Waals surface area contributed by atoms with Crippen LogP contribution < -0.4 is 5.32 Å². The second-order valence-corrected chi connectivity index (χ2v) is 6.22. The zero-order chi connectivity index (χ0) is 16.8. The van der Waals surface area contributed by atoms with Crippen molar-refractivity contribution in [2.45, 2.75) is 19.9 Å². The molecule has 1 N–H and O–H groups in total. The Bertz CT molecular complexity index is 658. The van der Waals surface area contributed by atoms with Crippen molar-refractivity contribution in [1.29, 1.82) is 0 Å². The van der Waals surface area contributed by atoms with Crippen molar-refractivity contribution in [3.05, 3.63) is 47.7 Å². The first-order valence-corrected chi connectivity index (χ1v) is 8.41. The molecule has 3 rings (SSSR count). The van der Waals surface area contributed by atoms with Gasteiger partial charge in [-0.2, -0.15) is 0 Å². The van der Waals surface area contributed by atoms with Gasteiger partial charge < -0.3 is 14.7 Å². The molecular weight excluding hydrogens is 375 g/mol. The first-order chi connectivity index (χ1) is 11.7. The fraction of sp³-hybridized carbons (Fsp3) is 0.444. The zero-order valence-corrected chi connectivity index (χ0v) is 16.5. The molecule has 2 heterocycles. The molecule has 6 nitrogen and oxygen atoms in total. The molecule has 0 atom stereocenters. The highest BCUT2D eigenvalue weighted by molar-refractivity contribution is 5.89. The first kappa shape index (κ1) is 22.4. The van der Waals surface area contributed by atoms with Gasteiger partial charge in [-0.1, -0.05) is 35.5 Å². The lowest BCUT2D eigenvalue weighted by molar-refractivity contribution is -0.116. The van der Waals surface area contributed by atoms with Crippen LogP contribution in [0.5, 0.6) is 0 Å². The van der Waals surface area contributed by atoms with Crippen molar-refractivity contribution >= 4 is 36.5 Å². The van der Waals surface area contributed by atoms with E-state index in [2.05, 4.69) is 44.5 Å². The predicted molar refractivity (Wildman–Crippen MR) is 107 cm³/mol. The van der Waals surface area contributed by atoms with Crippen molar-refractivity contribution in [1.82, 2.24) is 15.0 Å². The van der Waals surface area contributed by atoms with Crippen LogP contribution in [-0.2, 0) is 11.3 Å². The van der Waals surface area contributed by atoms with Crippen LogP contribution in [0.4, 0.5) is 5.82 Å². The number of halogens is 2. The average molecular weight is 401 g/mol. The number of carbonyl (C=O) groups excluding carboxylic acids is 1. The van der Waals surface area contributed by atoms with E-state index in [1.54, 1.807) is 13.0 Å².